The second-order valence-corrected chi connectivity index (χ2v) is 4.76. The number of benzene rings is 2. The highest BCUT2D eigenvalue weighted by atomic mass is 19.1. The molecule has 0 aliphatic heterocycles. The third-order valence-electron chi connectivity index (χ3n) is 3.26. The van der Waals surface area contributed by atoms with Crippen LogP contribution >= 0.6 is 0 Å². The molecule has 0 heterocycles. The van der Waals surface area contributed by atoms with E-state index < -0.39 is 17.7 Å². The Hall–Kier alpha value is -1.94. The van der Waals surface area contributed by atoms with E-state index in [1.165, 1.54) is 6.07 Å². The number of aliphatic hydroxyl groups excluding tert-OH is 1. The van der Waals surface area contributed by atoms with Gasteiger partial charge >= 0.3 is 0 Å². The SMILES string of the molecule is COc1c(C)cc(C(O)c2ccc(F)cc2F)cc1C. The van der Waals surface area contributed by atoms with Crippen LogP contribution in [0.15, 0.2) is 30.3 Å². The van der Waals surface area contributed by atoms with Gasteiger partial charge < -0.3 is 9.84 Å². The van der Waals surface area contributed by atoms with Gasteiger partial charge in [0, 0.05) is 11.6 Å². The van der Waals surface area contributed by atoms with E-state index in [1.54, 1.807) is 19.2 Å². The Morgan fingerprint density at radius 3 is 2.15 bits per heavy atom. The van der Waals surface area contributed by atoms with E-state index in [1.807, 2.05) is 13.8 Å². The lowest BCUT2D eigenvalue weighted by Crippen LogP contribution is -2.05. The van der Waals surface area contributed by atoms with Crippen LogP contribution in [-0.2, 0) is 0 Å². The maximum Gasteiger partial charge on any atom is 0.132 e. The molecule has 1 atom stereocenters. The Bertz CT molecular complexity index is 615. The number of methoxy groups -OCH3 is 1. The van der Waals surface area contributed by atoms with Crippen LogP contribution in [0.3, 0.4) is 0 Å². The minimum Gasteiger partial charge on any atom is -0.496 e. The quantitative estimate of drug-likeness (QED) is 0.928. The molecule has 0 spiro atoms. The van der Waals surface area contributed by atoms with Gasteiger partial charge in [-0.3, -0.25) is 0 Å². The molecule has 0 saturated carbocycles. The first-order valence-electron chi connectivity index (χ1n) is 6.22. The van der Waals surface area contributed by atoms with E-state index in [-0.39, 0.29) is 5.56 Å². The van der Waals surface area contributed by atoms with Crippen molar-refractivity contribution in [2.45, 2.75) is 20.0 Å². The molecule has 106 valence electrons. The van der Waals surface area contributed by atoms with Crippen molar-refractivity contribution < 1.29 is 18.6 Å². The standard InChI is InChI=1S/C16H16F2O2/c1-9-6-11(7-10(2)16(9)20-3)15(19)13-5-4-12(17)8-14(13)18/h4-8,15,19H,1-3H3. The molecule has 2 rings (SSSR count). The van der Waals surface area contributed by atoms with Gasteiger partial charge in [-0.25, -0.2) is 8.78 Å². The molecule has 0 aliphatic carbocycles. The Kier molecular flexibility index (Phi) is 4.04. The van der Waals surface area contributed by atoms with Crippen molar-refractivity contribution in [3.63, 3.8) is 0 Å². The predicted octanol–water partition coefficient (Wildman–Crippen LogP) is 3.67. The van der Waals surface area contributed by atoms with Gasteiger partial charge in [0.15, 0.2) is 0 Å². The summed E-state index contributed by atoms with van der Waals surface area (Å²) in [5.41, 5.74) is 2.30. The molecule has 2 nitrogen and oxygen atoms in total. The van der Waals surface area contributed by atoms with Gasteiger partial charge in [-0.2, -0.15) is 0 Å². The van der Waals surface area contributed by atoms with E-state index in [0.29, 0.717) is 5.56 Å². The summed E-state index contributed by atoms with van der Waals surface area (Å²) < 4.78 is 31.9. The Labute approximate surface area is 116 Å². The number of rotatable bonds is 3. The summed E-state index contributed by atoms with van der Waals surface area (Å²) in [7, 11) is 1.57. The predicted molar refractivity (Wildman–Crippen MR) is 72.9 cm³/mol. The summed E-state index contributed by atoms with van der Waals surface area (Å²) in [6.07, 6.45) is -1.14. The molecule has 1 unspecified atom stereocenters. The minimum atomic E-state index is -1.14. The second-order valence-electron chi connectivity index (χ2n) is 4.76. The highest BCUT2D eigenvalue weighted by Crippen LogP contribution is 2.31. The second kappa shape index (κ2) is 5.59. The van der Waals surface area contributed by atoms with Crippen LogP contribution in [0.2, 0.25) is 0 Å². The molecule has 1 N–H and O–H groups in total. The number of halogens is 2. The molecule has 4 heteroatoms. The Balaban J connectivity index is 2.45. The van der Waals surface area contributed by atoms with Crippen molar-refractivity contribution in [2.24, 2.45) is 0 Å². The van der Waals surface area contributed by atoms with Crippen LogP contribution in [0.25, 0.3) is 0 Å². The van der Waals surface area contributed by atoms with Crippen LogP contribution in [0.4, 0.5) is 8.78 Å². The highest BCUT2D eigenvalue weighted by molar-refractivity contribution is 5.45. The molecule has 0 saturated heterocycles. The molecule has 20 heavy (non-hydrogen) atoms. The third-order valence-corrected chi connectivity index (χ3v) is 3.26. The van der Waals surface area contributed by atoms with E-state index in [4.69, 9.17) is 4.74 Å². The molecule has 0 aromatic heterocycles. The van der Waals surface area contributed by atoms with Gasteiger partial charge in [0.25, 0.3) is 0 Å². The van der Waals surface area contributed by atoms with Gasteiger partial charge in [0.05, 0.1) is 7.11 Å². The van der Waals surface area contributed by atoms with Crippen LogP contribution in [0.5, 0.6) is 5.75 Å². The molecule has 0 aliphatic rings. The average molecular weight is 278 g/mol. The summed E-state index contributed by atoms with van der Waals surface area (Å²) in [5.74, 6) is -0.690. The average Bonchev–Trinajstić information content (AvgIpc) is 2.37. The molecule has 2 aromatic carbocycles. The van der Waals surface area contributed by atoms with Crippen LogP contribution in [0, 0.1) is 25.5 Å². The summed E-state index contributed by atoms with van der Waals surface area (Å²) in [4.78, 5) is 0. The fourth-order valence-electron chi connectivity index (χ4n) is 2.37. The maximum atomic E-state index is 13.7. The first-order chi connectivity index (χ1) is 9.43. The Morgan fingerprint density at radius 2 is 1.65 bits per heavy atom. The summed E-state index contributed by atoms with van der Waals surface area (Å²) in [5, 5.41) is 10.3. The lowest BCUT2D eigenvalue weighted by atomic mass is 9.97. The fraction of sp³-hybridized carbons (Fsp3) is 0.250. The third kappa shape index (κ3) is 2.65. The molecule has 0 bridgehead atoms. The number of aryl methyl sites for hydroxylation is 2. The smallest absolute Gasteiger partial charge is 0.132 e. The summed E-state index contributed by atoms with van der Waals surface area (Å²) in [6.45, 7) is 3.70. The lowest BCUT2D eigenvalue weighted by molar-refractivity contribution is 0.214. The largest absolute Gasteiger partial charge is 0.496 e. The van der Waals surface area contributed by atoms with Crippen molar-refractivity contribution in [3.8, 4) is 5.75 Å². The molecule has 0 fully saturated rings. The van der Waals surface area contributed by atoms with Crippen molar-refractivity contribution in [1.82, 2.24) is 0 Å². The maximum absolute atomic E-state index is 13.7. The van der Waals surface area contributed by atoms with E-state index in [9.17, 15) is 13.9 Å². The first kappa shape index (κ1) is 14.5. The fourth-order valence-corrected chi connectivity index (χ4v) is 2.37. The summed E-state index contributed by atoms with van der Waals surface area (Å²) >= 11 is 0. The number of hydrogen-bond donors (Lipinski definition) is 1. The van der Waals surface area contributed by atoms with E-state index in [2.05, 4.69) is 0 Å². The monoisotopic (exact) mass is 278 g/mol. The van der Waals surface area contributed by atoms with Crippen LogP contribution < -0.4 is 4.74 Å². The van der Waals surface area contributed by atoms with Crippen molar-refractivity contribution in [1.29, 1.82) is 0 Å². The zero-order chi connectivity index (χ0) is 14.9. The molecule has 0 radical (unpaired) electrons. The number of aliphatic hydroxyl groups is 1. The van der Waals surface area contributed by atoms with Gasteiger partial charge in [0.1, 0.15) is 23.5 Å². The highest BCUT2D eigenvalue weighted by Gasteiger charge is 2.17. The molecule has 0 amide bonds. The van der Waals surface area contributed by atoms with E-state index >= 15 is 0 Å². The topological polar surface area (TPSA) is 29.5 Å². The summed E-state index contributed by atoms with van der Waals surface area (Å²) in [6, 6.07) is 6.62. The van der Waals surface area contributed by atoms with Crippen molar-refractivity contribution in [2.75, 3.05) is 7.11 Å². The van der Waals surface area contributed by atoms with E-state index in [0.717, 1.165) is 29.0 Å². The number of ether oxygens (including phenoxy) is 1. The van der Waals surface area contributed by atoms with Gasteiger partial charge in [-0.1, -0.05) is 6.07 Å². The molecule has 2 aromatic rings. The lowest BCUT2D eigenvalue weighted by Gasteiger charge is -2.16. The molecular weight excluding hydrogens is 262 g/mol. The van der Waals surface area contributed by atoms with Gasteiger partial charge in [-0.05, 0) is 48.7 Å². The van der Waals surface area contributed by atoms with Crippen LogP contribution in [-0.4, -0.2) is 12.2 Å². The zero-order valence-corrected chi connectivity index (χ0v) is 11.6. The van der Waals surface area contributed by atoms with Crippen LogP contribution in [0.1, 0.15) is 28.4 Å². The minimum absolute atomic E-state index is 0.0513. The van der Waals surface area contributed by atoms with Crippen molar-refractivity contribution in [3.05, 3.63) is 64.2 Å². The zero-order valence-electron chi connectivity index (χ0n) is 11.6. The van der Waals surface area contributed by atoms with Crippen molar-refractivity contribution >= 4 is 0 Å². The Morgan fingerprint density at radius 1 is 1.05 bits per heavy atom. The normalized spacial score (nSPS) is 12.3. The van der Waals surface area contributed by atoms with Gasteiger partial charge in [0.2, 0.25) is 0 Å². The van der Waals surface area contributed by atoms with Gasteiger partial charge in [-0.15, -0.1) is 0 Å². The number of hydrogen-bond acceptors (Lipinski definition) is 2. The molecular formula is C16H16F2O2. The first-order valence-corrected chi connectivity index (χ1v) is 6.22.